The maximum Gasteiger partial charge on any atom is 0.337 e. The molecule has 3 N–H and O–H groups in total. The summed E-state index contributed by atoms with van der Waals surface area (Å²) in [6.45, 7) is 0.561. The summed E-state index contributed by atoms with van der Waals surface area (Å²) in [4.78, 5) is 55.0. The maximum absolute atomic E-state index is 14.4. The van der Waals surface area contributed by atoms with Gasteiger partial charge < -0.3 is 39.4 Å². The summed E-state index contributed by atoms with van der Waals surface area (Å²) < 4.78 is 40.9. The average Bonchev–Trinajstić information content (AvgIpc) is 3.54. The van der Waals surface area contributed by atoms with Crippen LogP contribution in [0.25, 0.3) is 10.9 Å². The average molecular weight is 682 g/mol. The van der Waals surface area contributed by atoms with E-state index in [-0.39, 0.29) is 31.0 Å². The first-order valence-corrected chi connectivity index (χ1v) is 15.6. The monoisotopic (exact) mass is 681 g/mol. The second-order valence-corrected chi connectivity index (χ2v) is 11.8. The predicted octanol–water partition coefficient (Wildman–Crippen LogP) is 1.97. The molecule has 15 heteroatoms. The van der Waals surface area contributed by atoms with Gasteiger partial charge in [-0.1, -0.05) is 30.3 Å². The summed E-state index contributed by atoms with van der Waals surface area (Å²) >= 11 is 0. The van der Waals surface area contributed by atoms with Crippen molar-refractivity contribution in [3.8, 4) is 0 Å². The number of carbonyl (C=O) groups is 4. The molecule has 3 heterocycles. The van der Waals surface area contributed by atoms with Crippen LogP contribution in [0.4, 0.5) is 8.78 Å². The molecule has 2 aromatic carbocycles. The van der Waals surface area contributed by atoms with Gasteiger partial charge in [0.05, 0.1) is 19.3 Å². The fourth-order valence-electron chi connectivity index (χ4n) is 6.10. The normalized spacial score (nSPS) is 20.3. The molecule has 0 radical (unpaired) electrons. The molecular formula is C34H37F2N5O8. The molecule has 49 heavy (non-hydrogen) atoms. The van der Waals surface area contributed by atoms with Crippen LogP contribution >= 0.6 is 0 Å². The van der Waals surface area contributed by atoms with Crippen LogP contribution < -0.4 is 5.32 Å². The zero-order valence-corrected chi connectivity index (χ0v) is 26.9. The fourth-order valence-corrected chi connectivity index (χ4v) is 6.10. The van der Waals surface area contributed by atoms with Gasteiger partial charge >= 0.3 is 11.9 Å². The van der Waals surface area contributed by atoms with Gasteiger partial charge in [0.25, 0.3) is 0 Å². The van der Waals surface area contributed by atoms with E-state index < -0.39 is 42.8 Å². The van der Waals surface area contributed by atoms with Crippen molar-refractivity contribution >= 4 is 40.9 Å². The Kier molecular flexibility index (Phi) is 10.9. The molecule has 2 aliphatic heterocycles. The molecular weight excluding hydrogens is 644 g/mol. The quantitative estimate of drug-likeness (QED) is 0.119. The number of fused-ring (bicyclic) bond motifs is 3. The Hall–Kier alpha value is -4.99. The lowest BCUT2D eigenvalue weighted by atomic mass is 10.0. The Morgan fingerprint density at radius 1 is 1.16 bits per heavy atom. The first-order valence-electron chi connectivity index (χ1n) is 15.6. The van der Waals surface area contributed by atoms with Gasteiger partial charge in [0.15, 0.2) is 12.3 Å². The number of aliphatic hydroxyl groups excluding tert-OH is 2. The van der Waals surface area contributed by atoms with Crippen LogP contribution in [0.15, 0.2) is 65.8 Å². The van der Waals surface area contributed by atoms with E-state index in [4.69, 9.17) is 9.47 Å². The molecule has 0 bridgehead atoms. The number of nitrogens with zero attached hydrogens (tertiary/aromatic N) is 4. The Morgan fingerprint density at radius 3 is 2.57 bits per heavy atom. The van der Waals surface area contributed by atoms with Gasteiger partial charge in [-0.15, -0.1) is 0 Å². The van der Waals surface area contributed by atoms with Crippen LogP contribution in [-0.4, -0.2) is 106 Å². The highest BCUT2D eigenvalue weighted by Gasteiger charge is 2.59. The molecule has 3 aromatic rings. The van der Waals surface area contributed by atoms with Gasteiger partial charge in [-0.25, -0.2) is 4.79 Å². The van der Waals surface area contributed by atoms with Gasteiger partial charge in [-0.2, -0.15) is 13.8 Å². The minimum Gasteiger partial charge on any atom is -0.465 e. The number of aliphatic imine (C=N–C) groups is 1. The van der Waals surface area contributed by atoms with Crippen molar-refractivity contribution in [1.29, 1.82) is 0 Å². The zero-order valence-electron chi connectivity index (χ0n) is 26.9. The van der Waals surface area contributed by atoms with Crippen molar-refractivity contribution in [2.75, 3.05) is 27.3 Å². The van der Waals surface area contributed by atoms with Gasteiger partial charge in [0, 0.05) is 74.3 Å². The number of halogens is 2. The van der Waals surface area contributed by atoms with E-state index in [1.165, 1.54) is 14.2 Å². The number of methoxy groups -OCH3 is 1. The number of amidine groups is 1. The summed E-state index contributed by atoms with van der Waals surface area (Å²) in [7, 11) is 2.56. The van der Waals surface area contributed by atoms with Crippen molar-refractivity contribution in [3.05, 3.63) is 83.2 Å². The van der Waals surface area contributed by atoms with E-state index in [1.807, 2.05) is 36.4 Å². The molecule has 1 aromatic heterocycles. The molecule has 3 atom stereocenters. The van der Waals surface area contributed by atoms with E-state index in [9.17, 15) is 38.2 Å². The summed E-state index contributed by atoms with van der Waals surface area (Å²) in [6.07, 6.45) is -3.02. The number of para-hydroxylation sites is 1. The van der Waals surface area contributed by atoms with E-state index >= 15 is 0 Å². The lowest BCUT2D eigenvalue weighted by molar-refractivity contribution is -0.150. The number of amides is 3. The number of carbonyl (C=O) groups excluding carboxylic acids is 4. The predicted molar refractivity (Wildman–Crippen MR) is 172 cm³/mol. The fraction of sp³-hybridized carbons (Fsp3) is 0.382. The minimum absolute atomic E-state index is 0.118. The lowest BCUT2D eigenvalue weighted by Crippen LogP contribution is -2.46. The second kappa shape index (κ2) is 15.1. The third-order valence-electron chi connectivity index (χ3n) is 8.65. The van der Waals surface area contributed by atoms with Crippen LogP contribution in [-0.2, 0) is 43.4 Å². The third-order valence-corrected chi connectivity index (χ3v) is 8.65. The minimum atomic E-state index is -3.71. The number of aromatic nitrogens is 1. The van der Waals surface area contributed by atoms with E-state index in [1.54, 1.807) is 17.0 Å². The largest absolute Gasteiger partial charge is 0.465 e. The van der Waals surface area contributed by atoms with Crippen molar-refractivity contribution in [2.24, 2.45) is 4.99 Å². The molecule has 0 spiro atoms. The molecule has 1 saturated heterocycles. The number of hydrogen-bond acceptors (Lipinski definition) is 9. The zero-order chi connectivity index (χ0) is 35.3. The highest BCUT2D eigenvalue weighted by Crippen LogP contribution is 2.37. The third kappa shape index (κ3) is 7.53. The van der Waals surface area contributed by atoms with Crippen molar-refractivity contribution in [3.63, 3.8) is 0 Å². The Morgan fingerprint density at radius 2 is 1.90 bits per heavy atom. The van der Waals surface area contributed by atoms with Crippen LogP contribution in [0, 0.1) is 0 Å². The second-order valence-electron chi connectivity index (χ2n) is 11.8. The SMILES string of the molecule is COC(=O)c1ccc(Cn2c3c(c4ccccc42)CN(C(=O)CCC(=O)NC(/C=C\N(C)C2OC(CO)C(O)C2(F)F)=NC=O)CC3)cc1. The molecule has 0 saturated carbocycles. The summed E-state index contributed by atoms with van der Waals surface area (Å²) in [5.74, 6) is -5.22. The Bertz CT molecular complexity index is 1770. The van der Waals surface area contributed by atoms with Crippen LogP contribution in [0.5, 0.6) is 0 Å². The maximum atomic E-state index is 14.4. The Labute approximate surface area is 280 Å². The molecule has 0 aliphatic carbocycles. The molecule has 5 rings (SSSR count). The standard InChI is InChI=1S/C34H37F2N5O8/c1-39(33-34(35,36)31(46)27(19-42)49-33)15-14-28(37-20-43)38-29(44)11-12-30(45)40-16-13-26-24(18-40)23-5-3-4-6-25(23)41(26)17-21-7-9-22(10-8-21)32(47)48-2/h3-10,14-15,20,27,31,33,42,46H,11-13,16-19H2,1-2H3,(H,37,38,43,44)/b15-14-. The van der Waals surface area contributed by atoms with E-state index in [0.29, 0.717) is 31.6 Å². The van der Waals surface area contributed by atoms with Crippen molar-refractivity contribution in [2.45, 2.75) is 56.7 Å². The van der Waals surface area contributed by atoms with Gasteiger partial charge in [0.1, 0.15) is 11.9 Å². The first kappa shape index (κ1) is 35.3. The molecule has 2 aliphatic rings. The number of nitrogens with one attached hydrogen (secondary N) is 1. The Balaban J connectivity index is 1.20. The number of alkyl halides is 2. The molecule has 1 fully saturated rings. The van der Waals surface area contributed by atoms with E-state index in [0.717, 1.165) is 44.9 Å². The first-order chi connectivity index (χ1) is 23.5. The van der Waals surface area contributed by atoms with Crippen molar-refractivity contribution < 1.29 is 47.6 Å². The summed E-state index contributed by atoms with van der Waals surface area (Å²) in [5, 5.41) is 22.3. The molecule has 13 nitrogen and oxygen atoms in total. The number of ether oxygens (including phenoxy) is 2. The molecule has 3 amide bonds. The number of hydrogen-bond donors (Lipinski definition) is 3. The highest BCUT2D eigenvalue weighted by atomic mass is 19.3. The smallest absolute Gasteiger partial charge is 0.337 e. The number of esters is 1. The summed E-state index contributed by atoms with van der Waals surface area (Å²) in [6, 6.07) is 15.2. The highest BCUT2D eigenvalue weighted by molar-refractivity contribution is 6.06. The topological polar surface area (TPSA) is 163 Å². The molecule has 3 unspecified atom stereocenters. The van der Waals surface area contributed by atoms with Crippen LogP contribution in [0.2, 0.25) is 0 Å². The van der Waals surface area contributed by atoms with Gasteiger partial charge in [-0.05, 0) is 29.8 Å². The van der Waals surface area contributed by atoms with Crippen molar-refractivity contribution in [1.82, 2.24) is 19.7 Å². The number of benzene rings is 2. The summed E-state index contributed by atoms with van der Waals surface area (Å²) in [5.41, 5.74) is 4.61. The van der Waals surface area contributed by atoms with Gasteiger partial charge in [-0.3, -0.25) is 14.4 Å². The molecule has 260 valence electrons. The van der Waals surface area contributed by atoms with Gasteiger partial charge in [0.2, 0.25) is 18.2 Å². The van der Waals surface area contributed by atoms with E-state index in [2.05, 4.69) is 14.9 Å². The number of rotatable bonds is 11. The lowest BCUT2D eigenvalue weighted by Gasteiger charge is -2.28. The van der Waals surface area contributed by atoms with Crippen LogP contribution in [0.1, 0.15) is 40.0 Å². The number of aliphatic hydroxyl groups is 2. The van der Waals surface area contributed by atoms with Crippen LogP contribution in [0.3, 0.4) is 0 Å².